The van der Waals surface area contributed by atoms with Gasteiger partial charge in [-0.1, -0.05) is 200 Å². The normalized spacial score (nSPS) is 12.6. The van der Waals surface area contributed by atoms with E-state index >= 15 is 0 Å². The Morgan fingerprint density at radius 1 is 0.333 bits per heavy atom. The van der Waals surface area contributed by atoms with Gasteiger partial charge in [0.25, 0.3) is 0 Å². The molecule has 12 rings (SSSR count). The molecule has 0 saturated carbocycles. The summed E-state index contributed by atoms with van der Waals surface area (Å²) in [4.78, 5) is 2.48. The van der Waals surface area contributed by atoms with Crippen molar-refractivity contribution in [2.75, 3.05) is 4.90 Å². The highest BCUT2D eigenvalue weighted by Crippen LogP contribution is 2.57. The number of anilines is 3. The molecule has 0 radical (unpaired) electrons. The highest BCUT2D eigenvalue weighted by atomic mass is 15.1. The van der Waals surface area contributed by atoms with Crippen LogP contribution in [0.1, 0.15) is 22.3 Å². The number of nitrogens with zero attached hydrogens (tertiary/aromatic N) is 2. The van der Waals surface area contributed by atoms with Crippen molar-refractivity contribution >= 4 is 38.9 Å². The highest BCUT2D eigenvalue weighted by molar-refractivity contribution is 6.17. The lowest BCUT2D eigenvalue weighted by Gasteiger charge is -2.35. The van der Waals surface area contributed by atoms with Crippen LogP contribution >= 0.6 is 0 Å². The quantitative estimate of drug-likeness (QED) is 0.149. The third-order valence-electron chi connectivity index (χ3n) is 13.1. The Hall–Kier alpha value is -8.20. The summed E-state index contributed by atoms with van der Waals surface area (Å²) in [6.45, 7) is 0. The van der Waals surface area contributed by atoms with Gasteiger partial charge in [-0.2, -0.15) is 0 Å². The Bertz CT molecular complexity index is 3400. The van der Waals surface area contributed by atoms with Crippen LogP contribution in [-0.4, -0.2) is 4.57 Å². The maximum absolute atomic E-state index is 2.48. The second-order valence-electron chi connectivity index (χ2n) is 16.4. The van der Waals surface area contributed by atoms with Crippen LogP contribution in [0.15, 0.2) is 255 Å². The van der Waals surface area contributed by atoms with E-state index in [2.05, 4.69) is 264 Å². The molecule has 1 aliphatic carbocycles. The first-order valence-corrected chi connectivity index (χ1v) is 21.8. The highest BCUT2D eigenvalue weighted by Gasteiger charge is 2.46. The van der Waals surface area contributed by atoms with Crippen LogP contribution < -0.4 is 4.90 Å². The van der Waals surface area contributed by atoms with Crippen molar-refractivity contribution in [1.29, 1.82) is 0 Å². The first-order valence-electron chi connectivity index (χ1n) is 21.8. The van der Waals surface area contributed by atoms with E-state index in [1.807, 2.05) is 0 Å². The van der Waals surface area contributed by atoms with Gasteiger partial charge in [0.05, 0.1) is 22.1 Å². The molecule has 0 N–H and O–H groups in total. The van der Waals surface area contributed by atoms with Crippen molar-refractivity contribution in [3.05, 3.63) is 277 Å². The SMILES string of the molecule is c1ccc(-c2ccccc2N(c2cccc(C3(c4ccccc4)c4ccccc4-c4ccccc43)c2)c2ccc3c(c2)c2c(-c4ccccc4)cccc2n3-c2ccccc2)cc1. The van der Waals surface area contributed by atoms with E-state index < -0.39 is 5.41 Å². The maximum atomic E-state index is 2.48. The molecule has 10 aromatic carbocycles. The molecule has 63 heavy (non-hydrogen) atoms. The average Bonchev–Trinajstić information content (AvgIpc) is 3.86. The van der Waals surface area contributed by atoms with E-state index in [-0.39, 0.29) is 0 Å². The molecule has 0 spiro atoms. The molecule has 0 saturated heterocycles. The van der Waals surface area contributed by atoms with Gasteiger partial charge in [0, 0.05) is 33.4 Å². The molecular weight excluding hydrogens is 761 g/mol. The van der Waals surface area contributed by atoms with Crippen LogP contribution in [0, 0.1) is 0 Å². The minimum absolute atomic E-state index is 0.535. The second kappa shape index (κ2) is 15.1. The number of aromatic nitrogens is 1. The van der Waals surface area contributed by atoms with Gasteiger partial charge in [0.1, 0.15) is 0 Å². The topological polar surface area (TPSA) is 8.17 Å². The molecule has 0 fully saturated rings. The van der Waals surface area contributed by atoms with E-state index in [0.717, 1.165) is 33.8 Å². The number of hydrogen-bond donors (Lipinski definition) is 0. The molecule has 1 aromatic heterocycles. The van der Waals surface area contributed by atoms with Crippen LogP contribution in [-0.2, 0) is 5.41 Å². The van der Waals surface area contributed by atoms with Gasteiger partial charge in [-0.25, -0.2) is 0 Å². The van der Waals surface area contributed by atoms with E-state index in [1.165, 1.54) is 66.4 Å². The first-order chi connectivity index (χ1) is 31.3. The Labute approximate surface area is 368 Å². The number of benzene rings is 10. The molecule has 0 amide bonds. The summed E-state index contributed by atoms with van der Waals surface area (Å²) >= 11 is 0. The number of hydrogen-bond acceptors (Lipinski definition) is 1. The number of fused-ring (bicyclic) bond motifs is 6. The Balaban J connectivity index is 1.15. The number of rotatable bonds is 8. The van der Waals surface area contributed by atoms with E-state index in [1.54, 1.807) is 0 Å². The van der Waals surface area contributed by atoms with Gasteiger partial charge in [0.15, 0.2) is 0 Å². The molecule has 1 aliphatic rings. The van der Waals surface area contributed by atoms with Gasteiger partial charge in [-0.15, -0.1) is 0 Å². The molecule has 2 heteroatoms. The standard InChI is InChI=1S/C61H42N2/c1-5-21-43(22-6-1)50-31-15-18-37-57(50)62(48-30-19-27-46(41-48)61(45-25-9-3-10-26-45)55-35-16-13-32-52(55)53-33-14-17-36-56(53)61)49-39-40-58-54(42-49)60-51(44-23-7-2-8-24-44)34-20-38-59(60)63(58)47-28-11-4-12-29-47/h1-42H. The lowest BCUT2D eigenvalue weighted by Crippen LogP contribution is -2.28. The minimum atomic E-state index is -0.535. The van der Waals surface area contributed by atoms with E-state index in [4.69, 9.17) is 0 Å². The van der Waals surface area contributed by atoms with Gasteiger partial charge < -0.3 is 9.47 Å². The largest absolute Gasteiger partial charge is 0.310 e. The zero-order chi connectivity index (χ0) is 41.7. The van der Waals surface area contributed by atoms with Crippen LogP contribution in [0.2, 0.25) is 0 Å². The van der Waals surface area contributed by atoms with E-state index in [9.17, 15) is 0 Å². The molecule has 0 atom stereocenters. The molecule has 0 bridgehead atoms. The predicted octanol–water partition coefficient (Wildman–Crippen LogP) is 16.0. The summed E-state index contributed by atoms with van der Waals surface area (Å²) < 4.78 is 2.42. The summed E-state index contributed by atoms with van der Waals surface area (Å²) in [5.74, 6) is 0. The third kappa shape index (κ3) is 5.80. The van der Waals surface area contributed by atoms with Crippen molar-refractivity contribution in [3.8, 4) is 39.1 Å². The fourth-order valence-corrected chi connectivity index (χ4v) is 10.5. The average molecular weight is 803 g/mol. The molecule has 0 aliphatic heterocycles. The van der Waals surface area contributed by atoms with Crippen LogP contribution in [0.4, 0.5) is 17.1 Å². The zero-order valence-corrected chi connectivity index (χ0v) is 34.6. The third-order valence-corrected chi connectivity index (χ3v) is 13.1. The molecule has 2 nitrogen and oxygen atoms in total. The summed E-state index contributed by atoms with van der Waals surface area (Å²) in [6.07, 6.45) is 0. The molecule has 1 heterocycles. The van der Waals surface area contributed by atoms with Crippen LogP contribution in [0.25, 0.3) is 60.9 Å². The van der Waals surface area contributed by atoms with Gasteiger partial charge in [0.2, 0.25) is 0 Å². The summed E-state index contributed by atoms with van der Waals surface area (Å²) in [7, 11) is 0. The fourth-order valence-electron chi connectivity index (χ4n) is 10.5. The Kier molecular flexibility index (Phi) is 8.76. The molecule has 11 aromatic rings. The second-order valence-corrected chi connectivity index (χ2v) is 16.4. The van der Waals surface area contributed by atoms with E-state index in [0.29, 0.717) is 0 Å². The van der Waals surface area contributed by atoms with Gasteiger partial charge in [-0.3, -0.25) is 0 Å². The summed E-state index contributed by atoms with van der Waals surface area (Å²) in [5, 5.41) is 2.43. The predicted molar refractivity (Wildman–Crippen MR) is 264 cm³/mol. The zero-order valence-electron chi connectivity index (χ0n) is 34.6. The lowest BCUT2D eigenvalue weighted by molar-refractivity contribution is 0.768. The number of para-hydroxylation sites is 2. The molecule has 296 valence electrons. The smallest absolute Gasteiger partial charge is 0.0714 e. The monoisotopic (exact) mass is 802 g/mol. The maximum Gasteiger partial charge on any atom is 0.0714 e. The van der Waals surface area contributed by atoms with Crippen molar-refractivity contribution < 1.29 is 0 Å². The first kappa shape index (κ1) is 36.6. The van der Waals surface area contributed by atoms with Crippen LogP contribution in [0.5, 0.6) is 0 Å². The molecular formula is C61H42N2. The van der Waals surface area contributed by atoms with Crippen molar-refractivity contribution in [2.45, 2.75) is 5.41 Å². The minimum Gasteiger partial charge on any atom is -0.310 e. The van der Waals surface area contributed by atoms with Crippen molar-refractivity contribution in [1.82, 2.24) is 4.57 Å². The fraction of sp³-hybridized carbons (Fsp3) is 0.0164. The van der Waals surface area contributed by atoms with Gasteiger partial charge >= 0.3 is 0 Å². The van der Waals surface area contributed by atoms with Crippen LogP contribution in [0.3, 0.4) is 0 Å². The van der Waals surface area contributed by atoms with Gasteiger partial charge in [-0.05, 0) is 105 Å². The van der Waals surface area contributed by atoms with Crippen molar-refractivity contribution in [2.24, 2.45) is 0 Å². The van der Waals surface area contributed by atoms with Crippen molar-refractivity contribution in [3.63, 3.8) is 0 Å². The molecule has 0 unspecified atom stereocenters. The Morgan fingerprint density at radius 3 is 1.52 bits per heavy atom. The lowest BCUT2D eigenvalue weighted by atomic mass is 9.67. The summed E-state index contributed by atoms with van der Waals surface area (Å²) in [5.41, 5.74) is 18.6. The summed E-state index contributed by atoms with van der Waals surface area (Å²) in [6, 6.07) is 93.3. The Morgan fingerprint density at radius 2 is 0.841 bits per heavy atom.